The molecule has 0 aliphatic heterocycles. The van der Waals surface area contributed by atoms with Crippen LogP contribution in [0.5, 0.6) is 0 Å². The fourth-order valence-corrected chi connectivity index (χ4v) is 2.42. The normalized spacial score (nSPS) is 10.8. The molecule has 0 amide bonds. The number of alkyl halides is 3. The first-order valence-corrected chi connectivity index (χ1v) is 6.78. The van der Waals surface area contributed by atoms with Gasteiger partial charge in [0.2, 0.25) is 0 Å². The number of halogens is 4. The third kappa shape index (κ3) is 3.74. The highest BCUT2D eigenvalue weighted by molar-refractivity contribution is 14.1. The van der Waals surface area contributed by atoms with Crippen LogP contribution in [0.25, 0.3) is 0 Å². The summed E-state index contributed by atoms with van der Waals surface area (Å²) in [5, 5.41) is 0. The number of esters is 1. The molecule has 0 atom stereocenters. The zero-order valence-electron chi connectivity index (χ0n) is 9.55. The maximum absolute atomic E-state index is 13.0. The van der Waals surface area contributed by atoms with E-state index in [0.717, 1.165) is 0 Å². The Morgan fingerprint density at radius 1 is 1.61 bits per heavy atom. The zero-order chi connectivity index (χ0) is 13.7. The molecule has 0 saturated heterocycles. The van der Waals surface area contributed by atoms with Gasteiger partial charge in [-0.3, -0.25) is 9.78 Å². The summed E-state index contributed by atoms with van der Waals surface area (Å²) in [7, 11) is 0. The number of carbonyl (C=O) groups excluding carboxylic acids is 1. The molecular formula is C11H11ClF2INO2. The van der Waals surface area contributed by atoms with Gasteiger partial charge in [0.15, 0.2) is 0 Å². The summed E-state index contributed by atoms with van der Waals surface area (Å²) in [4.78, 5) is 15.4. The third-order valence-electron chi connectivity index (χ3n) is 2.24. The van der Waals surface area contributed by atoms with Crippen molar-refractivity contribution in [3.8, 4) is 0 Å². The van der Waals surface area contributed by atoms with Crippen LogP contribution < -0.4 is 0 Å². The molecule has 0 spiro atoms. The number of aromatic nitrogens is 1. The first kappa shape index (κ1) is 15.6. The highest BCUT2D eigenvalue weighted by atomic mass is 127. The maximum Gasteiger partial charge on any atom is 0.310 e. The molecule has 7 heteroatoms. The molecule has 0 unspecified atom stereocenters. The molecule has 1 rings (SSSR count). The van der Waals surface area contributed by atoms with Gasteiger partial charge in [-0.25, -0.2) is 8.78 Å². The minimum absolute atomic E-state index is 0.0224. The summed E-state index contributed by atoms with van der Waals surface area (Å²) < 4.78 is 31.1. The second-order valence-electron chi connectivity index (χ2n) is 3.36. The average molecular weight is 390 g/mol. The van der Waals surface area contributed by atoms with Crippen LogP contribution in [0.1, 0.15) is 30.2 Å². The average Bonchev–Trinajstić information content (AvgIpc) is 2.29. The van der Waals surface area contributed by atoms with Crippen molar-refractivity contribution in [3.63, 3.8) is 0 Å². The van der Waals surface area contributed by atoms with Crippen molar-refractivity contribution in [2.24, 2.45) is 0 Å². The van der Waals surface area contributed by atoms with Crippen LogP contribution >= 0.6 is 34.2 Å². The lowest BCUT2D eigenvalue weighted by molar-refractivity contribution is -0.142. The Hall–Kier alpha value is -0.500. The van der Waals surface area contributed by atoms with Gasteiger partial charge in [-0.2, -0.15) is 0 Å². The smallest absolute Gasteiger partial charge is 0.310 e. The van der Waals surface area contributed by atoms with Crippen LogP contribution in [0, 0.1) is 3.57 Å². The molecule has 1 aromatic rings. The summed E-state index contributed by atoms with van der Waals surface area (Å²) in [6.45, 7) is 1.86. The number of rotatable bonds is 5. The Morgan fingerprint density at radius 3 is 2.78 bits per heavy atom. The van der Waals surface area contributed by atoms with E-state index >= 15 is 0 Å². The molecule has 0 saturated carbocycles. The molecule has 3 nitrogen and oxygen atoms in total. The SMILES string of the molecule is CCOC(=O)Cc1c(CCl)ncc(I)c1C(F)F. The van der Waals surface area contributed by atoms with E-state index in [1.54, 1.807) is 29.5 Å². The van der Waals surface area contributed by atoms with E-state index in [4.69, 9.17) is 16.3 Å². The summed E-state index contributed by atoms with van der Waals surface area (Å²) in [6.07, 6.45) is -1.58. The van der Waals surface area contributed by atoms with E-state index < -0.39 is 12.4 Å². The number of pyridine rings is 1. The van der Waals surface area contributed by atoms with Gasteiger partial charge in [0.05, 0.1) is 24.6 Å². The molecule has 1 heterocycles. The minimum atomic E-state index is -2.67. The van der Waals surface area contributed by atoms with Crippen molar-refractivity contribution >= 4 is 40.2 Å². The van der Waals surface area contributed by atoms with Crippen molar-refractivity contribution in [1.29, 1.82) is 0 Å². The monoisotopic (exact) mass is 389 g/mol. The molecule has 0 aromatic carbocycles. The molecular weight excluding hydrogens is 378 g/mol. The summed E-state index contributed by atoms with van der Waals surface area (Å²) in [5.74, 6) is -0.583. The van der Waals surface area contributed by atoms with E-state index in [-0.39, 0.29) is 30.0 Å². The first-order chi connectivity index (χ1) is 8.51. The molecule has 0 aliphatic rings. The van der Waals surface area contributed by atoms with Gasteiger partial charge in [0.25, 0.3) is 6.43 Å². The molecule has 0 aliphatic carbocycles. The Bertz CT molecular complexity index is 443. The molecule has 1 aromatic heterocycles. The van der Waals surface area contributed by atoms with Crippen LogP contribution in [-0.2, 0) is 21.8 Å². The van der Waals surface area contributed by atoms with E-state index in [0.29, 0.717) is 9.26 Å². The molecule has 18 heavy (non-hydrogen) atoms. The van der Waals surface area contributed by atoms with Crippen molar-refractivity contribution in [2.45, 2.75) is 25.7 Å². The molecule has 0 fully saturated rings. The lowest BCUT2D eigenvalue weighted by Crippen LogP contribution is -2.13. The summed E-state index contributed by atoms with van der Waals surface area (Å²) in [6, 6.07) is 0. The molecule has 0 N–H and O–H groups in total. The Labute approximate surface area is 122 Å². The highest BCUT2D eigenvalue weighted by Gasteiger charge is 2.22. The van der Waals surface area contributed by atoms with E-state index in [1.807, 2.05) is 0 Å². The standard InChI is InChI=1S/C11H11ClF2INO2/c1-2-18-9(17)3-6-8(4-12)16-5-7(15)10(6)11(13)14/h5,11H,2-4H2,1H3. The highest BCUT2D eigenvalue weighted by Crippen LogP contribution is 2.30. The number of hydrogen-bond donors (Lipinski definition) is 0. The van der Waals surface area contributed by atoms with Gasteiger partial charge in [-0.1, -0.05) is 0 Å². The third-order valence-corrected chi connectivity index (χ3v) is 3.35. The maximum atomic E-state index is 13.0. The molecule has 0 bridgehead atoms. The summed E-state index contributed by atoms with van der Waals surface area (Å²) >= 11 is 7.42. The predicted molar refractivity (Wildman–Crippen MR) is 71.8 cm³/mol. The van der Waals surface area contributed by atoms with Crippen LogP contribution in [-0.4, -0.2) is 17.6 Å². The van der Waals surface area contributed by atoms with Crippen LogP contribution in [0.15, 0.2) is 6.20 Å². The zero-order valence-corrected chi connectivity index (χ0v) is 12.5. The summed E-state index contributed by atoms with van der Waals surface area (Å²) in [5.41, 5.74) is 0.278. The van der Waals surface area contributed by atoms with Gasteiger partial charge in [-0.15, -0.1) is 11.6 Å². The number of hydrogen-bond acceptors (Lipinski definition) is 3. The first-order valence-electron chi connectivity index (χ1n) is 5.17. The molecule has 100 valence electrons. The van der Waals surface area contributed by atoms with Crippen molar-refractivity contribution in [3.05, 3.63) is 26.6 Å². The topological polar surface area (TPSA) is 39.2 Å². The minimum Gasteiger partial charge on any atom is -0.466 e. The van der Waals surface area contributed by atoms with Gasteiger partial charge in [0, 0.05) is 15.3 Å². The number of ether oxygens (including phenoxy) is 1. The van der Waals surface area contributed by atoms with Gasteiger partial charge in [0.1, 0.15) is 0 Å². The van der Waals surface area contributed by atoms with E-state index in [2.05, 4.69) is 4.98 Å². The lowest BCUT2D eigenvalue weighted by Gasteiger charge is -2.13. The van der Waals surface area contributed by atoms with Crippen molar-refractivity contribution < 1.29 is 18.3 Å². The largest absolute Gasteiger partial charge is 0.466 e. The Balaban J connectivity index is 3.19. The lowest BCUT2D eigenvalue weighted by atomic mass is 10.0. The molecule has 0 radical (unpaired) electrons. The number of nitrogens with zero attached hydrogens (tertiary/aromatic N) is 1. The second-order valence-corrected chi connectivity index (χ2v) is 4.79. The van der Waals surface area contributed by atoms with Gasteiger partial charge in [-0.05, 0) is 35.1 Å². The van der Waals surface area contributed by atoms with E-state index in [9.17, 15) is 13.6 Å². The Kier molecular flexibility index (Phi) is 6.20. The van der Waals surface area contributed by atoms with Crippen LogP contribution in [0.3, 0.4) is 0 Å². The van der Waals surface area contributed by atoms with Gasteiger partial charge >= 0.3 is 5.97 Å². The van der Waals surface area contributed by atoms with Crippen LogP contribution in [0.2, 0.25) is 0 Å². The predicted octanol–water partition coefficient (Wildman–Crippen LogP) is 3.47. The number of carbonyl (C=O) groups is 1. The van der Waals surface area contributed by atoms with E-state index in [1.165, 1.54) is 6.20 Å². The van der Waals surface area contributed by atoms with Crippen molar-refractivity contribution in [1.82, 2.24) is 4.98 Å². The van der Waals surface area contributed by atoms with Gasteiger partial charge < -0.3 is 4.74 Å². The quantitative estimate of drug-likeness (QED) is 0.440. The fourth-order valence-electron chi connectivity index (χ4n) is 1.49. The van der Waals surface area contributed by atoms with Crippen LogP contribution in [0.4, 0.5) is 8.78 Å². The Morgan fingerprint density at radius 2 is 2.28 bits per heavy atom. The fraction of sp³-hybridized carbons (Fsp3) is 0.455. The van der Waals surface area contributed by atoms with Crippen molar-refractivity contribution in [2.75, 3.05) is 6.61 Å². The second kappa shape index (κ2) is 7.18.